The molecule has 142 valence electrons. The highest BCUT2D eigenvalue weighted by molar-refractivity contribution is 6.31. The van der Waals surface area contributed by atoms with Crippen LogP contribution >= 0.6 is 11.6 Å². The van der Waals surface area contributed by atoms with Crippen LogP contribution in [0, 0.1) is 0 Å². The van der Waals surface area contributed by atoms with Gasteiger partial charge in [0.1, 0.15) is 11.5 Å². The molecule has 8 heteroatoms. The first-order valence-corrected chi connectivity index (χ1v) is 8.79. The molecule has 0 aromatic heterocycles. The number of halogens is 1. The van der Waals surface area contributed by atoms with Gasteiger partial charge in [-0.25, -0.2) is 4.79 Å². The molecule has 2 aromatic carbocycles. The Morgan fingerprint density at radius 2 is 1.81 bits per heavy atom. The van der Waals surface area contributed by atoms with Crippen molar-refractivity contribution in [2.24, 2.45) is 0 Å². The fourth-order valence-corrected chi connectivity index (χ4v) is 3.12. The van der Waals surface area contributed by atoms with Crippen molar-refractivity contribution in [1.82, 2.24) is 0 Å². The van der Waals surface area contributed by atoms with Crippen molar-refractivity contribution in [2.45, 2.75) is 12.8 Å². The largest absolute Gasteiger partial charge is 0.495 e. The number of anilines is 3. The minimum atomic E-state index is -0.459. The maximum Gasteiger partial charge on any atom is 0.323 e. The van der Waals surface area contributed by atoms with Crippen molar-refractivity contribution in [3.05, 3.63) is 41.4 Å². The number of carbonyl (C=O) groups excluding carboxylic acids is 2. The Hall–Kier alpha value is -2.93. The molecule has 3 rings (SSSR count). The van der Waals surface area contributed by atoms with Crippen LogP contribution in [0.15, 0.2) is 36.4 Å². The summed E-state index contributed by atoms with van der Waals surface area (Å²) in [4.78, 5) is 26.1. The van der Waals surface area contributed by atoms with Gasteiger partial charge in [0.25, 0.3) is 0 Å². The first-order valence-electron chi connectivity index (χ1n) is 8.42. The number of methoxy groups -OCH3 is 2. The predicted octanol–water partition coefficient (Wildman–Crippen LogP) is 4.13. The molecule has 2 aromatic rings. The van der Waals surface area contributed by atoms with E-state index in [0.717, 1.165) is 6.42 Å². The van der Waals surface area contributed by atoms with Crippen LogP contribution in [-0.2, 0) is 4.79 Å². The predicted molar refractivity (Wildman–Crippen MR) is 105 cm³/mol. The summed E-state index contributed by atoms with van der Waals surface area (Å²) in [5.74, 6) is 1.11. The third kappa shape index (κ3) is 4.25. The van der Waals surface area contributed by atoms with Crippen LogP contribution in [-0.4, -0.2) is 32.7 Å². The zero-order chi connectivity index (χ0) is 19.4. The van der Waals surface area contributed by atoms with Crippen LogP contribution < -0.4 is 25.0 Å². The highest BCUT2D eigenvalue weighted by Crippen LogP contribution is 2.34. The fourth-order valence-electron chi connectivity index (χ4n) is 2.94. The lowest BCUT2D eigenvalue weighted by Crippen LogP contribution is -2.25. The molecule has 7 nitrogen and oxygen atoms in total. The van der Waals surface area contributed by atoms with Crippen molar-refractivity contribution in [3.63, 3.8) is 0 Å². The van der Waals surface area contributed by atoms with E-state index in [1.54, 1.807) is 48.4 Å². The van der Waals surface area contributed by atoms with Crippen LogP contribution in [0.3, 0.4) is 0 Å². The number of carbonyl (C=O) groups is 2. The van der Waals surface area contributed by atoms with Gasteiger partial charge in [-0.3, -0.25) is 4.79 Å². The summed E-state index contributed by atoms with van der Waals surface area (Å²) in [6.45, 7) is 0.630. The lowest BCUT2D eigenvalue weighted by atomic mass is 10.2. The van der Waals surface area contributed by atoms with E-state index in [0.29, 0.717) is 46.5 Å². The van der Waals surface area contributed by atoms with Crippen LogP contribution in [0.5, 0.6) is 11.5 Å². The Labute approximate surface area is 162 Å². The summed E-state index contributed by atoms with van der Waals surface area (Å²) >= 11 is 5.98. The van der Waals surface area contributed by atoms with Gasteiger partial charge in [-0.2, -0.15) is 0 Å². The van der Waals surface area contributed by atoms with Gasteiger partial charge < -0.3 is 25.0 Å². The quantitative estimate of drug-likeness (QED) is 0.805. The third-order valence-electron chi connectivity index (χ3n) is 4.21. The molecule has 1 fully saturated rings. The van der Waals surface area contributed by atoms with Gasteiger partial charge >= 0.3 is 6.03 Å². The molecular formula is C19H20ClN3O4. The second kappa shape index (κ2) is 8.18. The smallest absolute Gasteiger partial charge is 0.323 e. The average molecular weight is 390 g/mol. The first-order chi connectivity index (χ1) is 13.0. The summed E-state index contributed by atoms with van der Waals surface area (Å²) in [7, 11) is 3.06. The van der Waals surface area contributed by atoms with E-state index in [4.69, 9.17) is 21.1 Å². The Morgan fingerprint density at radius 1 is 1.07 bits per heavy atom. The maximum absolute atomic E-state index is 12.4. The number of amides is 3. The van der Waals surface area contributed by atoms with Crippen molar-refractivity contribution >= 4 is 40.6 Å². The van der Waals surface area contributed by atoms with E-state index >= 15 is 0 Å². The summed E-state index contributed by atoms with van der Waals surface area (Å²) < 4.78 is 10.6. The molecule has 1 saturated heterocycles. The molecule has 0 unspecified atom stereocenters. The fraction of sp³-hybridized carbons (Fsp3) is 0.263. The minimum Gasteiger partial charge on any atom is -0.495 e. The number of rotatable bonds is 5. The number of benzene rings is 2. The summed E-state index contributed by atoms with van der Waals surface area (Å²) in [6.07, 6.45) is 1.31. The van der Waals surface area contributed by atoms with E-state index in [-0.39, 0.29) is 5.91 Å². The lowest BCUT2D eigenvalue weighted by molar-refractivity contribution is -0.117. The van der Waals surface area contributed by atoms with E-state index in [9.17, 15) is 9.59 Å². The number of nitrogens with one attached hydrogen (secondary N) is 2. The van der Waals surface area contributed by atoms with Crippen LogP contribution in [0.4, 0.5) is 21.9 Å². The molecule has 0 spiro atoms. The number of urea groups is 1. The number of nitrogens with zero attached hydrogens (tertiary/aromatic N) is 1. The van der Waals surface area contributed by atoms with Gasteiger partial charge in [-0.15, -0.1) is 0 Å². The summed E-state index contributed by atoms with van der Waals surface area (Å²) in [5, 5.41) is 5.93. The molecule has 0 bridgehead atoms. The highest BCUT2D eigenvalue weighted by Gasteiger charge is 2.25. The minimum absolute atomic E-state index is 0.0403. The first kappa shape index (κ1) is 18.8. The van der Waals surface area contributed by atoms with Gasteiger partial charge in [-0.1, -0.05) is 11.6 Å². The van der Waals surface area contributed by atoms with Crippen molar-refractivity contribution in [3.8, 4) is 11.5 Å². The Bertz CT molecular complexity index is 872. The molecule has 1 aliphatic rings. The molecule has 0 saturated carbocycles. The van der Waals surface area contributed by atoms with Gasteiger partial charge in [0.05, 0.1) is 25.6 Å². The Kier molecular flexibility index (Phi) is 5.71. The van der Waals surface area contributed by atoms with Gasteiger partial charge in [0, 0.05) is 23.7 Å². The SMILES string of the molecule is COc1ccc(Cl)cc1NC(=O)Nc1ccc(OC)c(N2CCCC2=O)c1. The van der Waals surface area contributed by atoms with Crippen molar-refractivity contribution in [1.29, 1.82) is 0 Å². The number of hydrogen-bond acceptors (Lipinski definition) is 4. The normalized spacial score (nSPS) is 13.4. The van der Waals surface area contributed by atoms with Gasteiger partial charge in [0.15, 0.2) is 0 Å². The number of hydrogen-bond donors (Lipinski definition) is 2. The second-order valence-electron chi connectivity index (χ2n) is 5.96. The Balaban J connectivity index is 1.78. The molecule has 0 radical (unpaired) electrons. The number of ether oxygens (including phenoxy) is 2. The molecule has 1 aliphatic heterocycles. The van der Waals surface area contributed by atoms with Gasteiger partial charge in [-0.05, 0) is 42.8 Å². The monoisotopic (exact) mass is 389 g/mol. The summed E-state index contributed by atoms with van der Waals surface area (Å²) in [5.41, 5.74) is 1.62. The topological polar surface area (TPSA) is 79.9 Å². The van der Waals surface area contributed by atoms with E-state index in [1.807, 2.05) is 0 Å². The molecule has 3 amide bonds. The molecular weight excluding hydrogens is 370 g/mol. The standard InChI is InChI=1S/C19H20ClN3O4/c1-26-16-7-5-12(20)10-14(16)22-19(25)21-13-6-8-17(27-2)15(11-13)23-9-3-4-18(23)24/h5-8,10-11H,3-4,9H2,1-2H3,(H2,21,22,25). The maximum atomic E-state index is 12.4. The van der Waals surface area contributed by atoms with E-state index < -0.39 is 6.03 Å². The molecule has 1 heterocycles. The average Bonchev–Trinajstić information content (AvgIpc) is 3.07. The highest BCUT2D eigenvalue weighted by atomic mass is 35.5. The molecule has 2 N–H and O–H groups in total. The second-order valence-corrected chi connectivity index (χ2v) is 6.40. The zero-order valence-electron chi connectivity index (χ0n) is 15.0. The third-order valence-corrected chi connectivity index (χ3v) is 4.45. The van der Waals surface area contributed by atoms with E-state index in [2.05, 4.69) is 10.6 Å². The zero-order valence-corrected chi connectivity index (χ0v) is 15.8. The molecule has 0 aliphatic carbocycles. The lowest BCUT2D eigenvalue weighted by Gasteiger charge is -2.20. The Morgan fingerprint density at radius 3 is 2.48 bits per heavy atom. The summed E-state index contributed by atoms with van der Waals surface area (Å²) in [6, 6.07) is 9.63. The van der Waals surface area contributed by atoms with Crippen LogP contribution in [0.25, 0.3) is 0 Å². The van der Waals surface area contributed by atoms with Crippen molar-refractivity contribution in [2.75, 3.05) is 36.3 Å². The van der Waals surface area contributed by atoms with Crippen molar-refractivity contribution < 1.29 is 19.1 Å². The van der Waals surface area contributed by atoms with Crippen LogP contribution in [0.2, 0.25) is 5.02 Å². The molecule has 27 heavy (non-hydrogen) atoms. The van der Waals surface area contributed by atoms with Crippen LogP contribution in [0.1, 0.15) is 12.8 Å². The molecule has 0 atom stereocenters. The van der Waals surface area contributed by atoms with E-state index in [1.165, 1.54) is 7.11 Å². The van der Waals surface area contributed by atoms with Gasteiger partial charge in [0.2, 0.25) is 5.91 Å².